The second-order valence-electron chi connectivity index (χ2n) is 3.62. The molecule has 0 fully saturated rings. The molecule has 0 aliphatic carbocycles. The smallest absolute Gasteiger partial charge is 0.154 e. The highest BCUT2D eigenvalue weighted by atomic mass is 127. The predicted octanol–water partition coefficient (Wildman–Crippen LogP) is 2.71. The lowest BCUT2D eigenvalue weighted by Crippen LogP contribution is -1.95. The van der Waals surface area contributed by atoms with Crippen LogP contribution in [0.2, 0.25) is 0 Å². The van der Waals surface area contributed by atoms with Gasteiger partial charge in [-0.1, -0.05) is 12.1 Å². The summed E-state index contributed by atoms with van der Waals surface area (Å²) in [7, 11) is 0. The molecule has 3 rings (SSSR count). The third-order valence-electron chi connectivity index (χ3n) is 2.47. The minimum absolute atomic E-state index is 0.239. The summed E-state index contributed by atoms with van der Waals surface area (Å²) in [5.74, 6) is 0.239. The normalized spacial score (nSPS) is 10.9. The molecule has 4 nitrogen and oxygen atoms in total. The molecule has 0 atom stereocenters. The molecular formula is C12H8IN3O. The molecule has 0 unspecified atom stereocenters. The van der Waals surface area contributed by atoms with Gasteiger partial charge in [0, 0.05) is 5.56 Å². The number of aromatic nitrogens is 3. The summed E-state index contributed by atoms with van der Waals surface area (Å²) in [6.07, 6.45) is 1.76. The molecule has 2 heterocycles. The van der Waals surface area contributed by atoms with Gasteiger partial charge in [0.15, 0.2) is 5.65 Å². The summed E-state index contributed by atoms with van der Waals surface area (Å²) in [5.41, 5.74) is 2.56. The van der Waals surface area contributed by atoms with Gasteiger partial charge < -0.3 is 5.11 Å². The maximum Gasteiger partial charge on any atom is 0.154 e. The Kier molecular flexibility index (Phi) is 2.47. The first-order chi connectivity index (χ1) is 8.24. The molecule has 84 valence electrons. The van der Waals surface area contributed by atoms with E-state index in [1.54, 1.807) is 28.9 Å². The van der Waals surface area contributed by atoms with Crippen molar-refractivity contribution < 1.29 is 5.11 Å². The second-order valence-corrected chi connectivity index (χ2v) is 4.73. The lowest BCUT2D eigenvalue weighted by Gasteiger charge is -2.01. The van der Waals surface area contributed by atoms with Crippen molar-refractivity contribution in [3.63, 3.8) is 0 Å². The van der Waals surface area contributed by atoms with Crippen molar-refractivity contribution in [2.45, 2.75) is 0 Å². The molecule has 1 aromatic carbocycles. The molecule has 0 spiro atoms. The third kappa shape index (κ3) is 1.86. The monoisotopic (exact) mass is 337 g/mol. The molecule has 0 saturated carbocycles. The average molecular weight is 337 g/mol. The van der Waals surface area contributed by atoms with Gasteiger partial charge in [0.05, 0.1) is 11.9 Å². The quantitative estimate of drug-likeness (QED) is 0.695. The first kappa shape index (κ1) is 10.5. The molecule has 3 aromatic rings. The van der Waals surface area contributed by atoms with E-state index in [0.717, 1.165) is 20.6 Å². The van der Waals surface area contributed by atoms with Crippen molar-refractivity contribution in [1.29, 1.82) is 0 Å². The highest BCUT2D eigenvalue weighted by molar-refractivity contribution is 14.1. The van der Waals surface area contributed by atoms with E-state index in [2.05, 4.69) is 32.7 Å². The SMILES string of the molecule is Oc1cccc(-c2cnc3ccc(I)nn23)c1. The van der Waals surface area contributed by atoms with E-state index in [9.17, 15) is 5.11 Å². The molecule has 17 heavy (non-hydrogen) atoms. The number of hydrogen-bond acceptors (Lipinski definition) is 3. The molecular weight excluding hydrogens is 329 g/mol. The first-order valence-corrected chi connectivity index (χ1v) is 6.11. The minimum atomic E-state index is 0.239. The Labute approximate surface area is 111 Å². The van der Waals surface area contributed by atoms with Gasteiger partial charge in [-0.2, -0.15) is 5.10 Å². The zero-order chi connectivity index (χ0) is 11.8. The second kappa shape index (κ2) is 3.99. The van der Waals surface area contributed by atoms with Crippen LogP contribution in [0.5, 0.6) is 5.75 Å². The van der Waals surface area contributed by atoms with Gasteiger partial charge in [-0.25, -0.2) is 9.50 Å². The Morgan fingerprint density at radius 1 is 1.18 bits per heavy atom. The van der Waals surface area contributed by atoms with Crippen molar-refractivity contribution in [2.75, 3.05) is 0 Å². The van der Waals surface area contributed by atoms with Crippen LogP contribution in [0.25, 0.3) is 16.9 Å². The van der Waals surface area contributed by atoms with Gasteiger partial charge in [0.25, 0.3) is 0 Å². The van der Waals surface area contributed by atoms with E-state index in [-0.39, 0.29) is 5.75 Å². The summed E-state index contributed by atoms with van der Waals surface area (Å²) in [4.78, 5) is 4.28. The van der Waals surface area contributed by atoms with E-state index in [1.165, 1.54) is 0 Å². The molecule has 0 bridgehead atoms. The zero-order valence-electron chi connectivity index (χ0n) is 8.71. The van der Waals surface area contributed by atoms with E-state index >= 15 is 0 Å². The first-order valence-electron chi connectivity index (χ1n) is 5.04. The summed E-state index contributed by atoms with van der Waals surface area (Å²) >= 11 is 2.16. The molecule has 0 saturated heterocycles. The highest BCUT2D eigenvalue weighted by Gasteiger charge is 2.07. The number of benzene rings is 1. The zero-order valence-corrected chi connectivity index (χ0v) is 10.9. The predicted molar refractivity (Wildman–Crippen MR) is 72.8 cm³/mol. The van der Waals surface area contributed by atoms with Crippen LogP contribution in [0.3, 0.4) is 0 Å². The lowest BCUT2D eigenvalue weighted by atomic mass is 10.1. The van der Waals surface area contributed by atoms with Crippen molar-refractivity contribution in [3.05, 3.63) is 46.3 Å². The summed E-state index contributed by atoms with van der Waals surface area (Å²) in [6.45, 7) is 0. The number of phenols is 1. The Morgan fingerprint density at radius 3 is 2.88 bits per heavy atom. The van der Waals surface area contributed by atoms with Crippen LogP contribution in [-0.2, 0) is 0 Å². The van der Waals surface area contributed by atoms with E-state index in [4.69, 9.17) is 0 Å². The number of aromatic hydroxyl groups is 1. The molecule has 1 N–H and O–H groups in total. The van der Waals surface area contributed by atoms with E-state index in [1.807, 2.05) is 18.2 Å². The van der Waals surface area contributed by atoms with Crippen molar-refractivity contribution in [1.82, 2.24) is 14.6 Å². The molecule has 5 heteroatoms. The summed E-state index contributed by atoms with van der Waals surface area (Å²) in [5, 5.41) is 13.9. The summed E-state index contributed by atoms with van der Waals surface area (Å²) in [6, 6.07) is 10.9. The summed E-state index contributed by atoms with van der Waals surface area (Å²) < 4.78 is 2.67. The number of nitrogens with zero attached hydrogens (tertiary/aromatic N) is 3. The van der Waals surface area contributed by atoms with E-state index in [0.29, 0.717) is 0 Å². The Balaban J connectivity index is 2.27. The maximum absolute atomic E-state index is 9.49. The van der Waals surface area contributed by atoms with Gasteiger partial charge in [-0.05, 0) is 46.9 Å². The molecule has 2 aromatic heterocycles. The van der Waals surface area contributed by atoms with Crippen molar-refractivity contribution >= 4 is 28.2 Å². The molecule has 0 radical (unpaired) electrons. The maximum atomic E-state index is 9.49. The Bertz CT molecular complexity index is 693. The number of rotatable bonds is 1. The molecule has 0 amide bonds. The van der Waals surface area contributed by atoms with Gasteiger partial charge in [0.1, 0.15) is 9.45 Å². The standard InChI is InChI=1S/C12H8IN3O/c13-11-4-5-12-14-7-10(16(12)15-11)8-2-1-3-9(17)6-8/h1-7,17H. The van der Waals surface area contributed by atoms with Crippen LogP contribution >= 0.6 is 22.6 Å². The third-order valence-corrected chi connectivity index (χ3v) is 3.05. The van der Waals surface area contributed by atoms with Crippen LogP contribution in [-0.4, -0.2) is 19.7 Å². The molecule has 0 aliphatic rings. The molecule has 0 aliphatic heterocycles. The van der Waals surface area contributed by atoms with Crippen LogP contribution in [0, 0.1) is 3.70 Å². The highest BCUT2D eigenvalue weighted by Crippen LogP contribution is 2.23. The lowest BCUT2D eigenvalue weighted by molar-refractivity contribution is 0.475. The fraction of sp³-hybridized carbons (Fsp3) is 0. The van der Waals surface area contributed by atoms with Gasteiger partial charge in [-0.15, -0.1) is 0 Å². The number of imidazole rings is 1. The average Bonchev–Trinajstić information content (AvgIpc) is 2.71. The van der Waals surface area contributed by atoms with Crippen LogP contribution in [0.4, 0.5) is 0 Å². The topological polar surface area (TPSA) is 50.4 Å². The number of phenolic OH excluding ortho intramolecular Hbond substituents is 1. The fourth-order valence-corrected chi connectivity index (χ4v) is 2.11. The fourth-order valence-electron chi connectivity index (χ4n) is 1.71. The largest absolute Gasteiger partial charge is 0.508 e. The number of hydrogen-bond donors (Lipinski definition) is 1. The Hall–Kier alpha value is -1.63. The van der Waals surface area contributed by atoms with Crippen molar-refractivity contribution in [2.24, 2.45) is 0 Å². The number of halogens is 1. The van der Waals surface area contributed by atoms with Crippen LogP contribution in [0.15, 0.2) is 42.6 Å². The Morgan fingerprint density at radius 2 is 2.06 bits per heavy atom. The minimum Gasteiger partial charge on any atom is -0.508 e. The van der Waals surface area contributed by atoms with Crippen molar-refractivity contribution in [3.8, 4) is 17.0 Å². The van der Waals surface area contributed by atoms with E-state index < -0.39 is 0 Å². The number of fused-ring (bicyclic) bond motifs is 1. The van der Waals surface area contributed by atoms with Gasteiger partial charge in [0.2, 0.25) is 0 Å². The van der Waals surface area contributed by atoms with Gasteiger partial charge in [-0.3, -0.25) is 0 Å². The van der Waals surface area contributed by atoms with Crippen LogP contribution in [0.1, 0.15) is 0 Å². The van der Waals surface area contributed by atoms with Crippen LogP contribution < -0.4 is 0 Å². The van der Waals surface area contributed by atoms with Gasteiger partial charge >= 0.3 is 0 Å².